The molecule has 2 heterocycles. The van der Waals surface area contributed by atoms with Crippen molar-refractivity contribution in [2.24, 2.45) is 0 Å². The van der Waals surface area contributed by atoms with E-state index in [0.717, 1.165) is 0 Å². The summed E-state index contributed by atoms with van der Waals surface area (Å²) < 4.78 is 4.77. The number of nitrogens with one attached hydrogen (secondary N) is 2. The number of tetrazole rings is 1. The Morgan fingerprint density at radius 1 is 1.67 bits per heavy atom. The lowest BCUT2D eigenvalue weighted by Gasteiger charge is -1.96. The van der Waals surface area contributed by atoms with Crippen LogP contribution in [0.5, 0.6) is 0 Å². The van der Waals surface area contributed by atoms with Crippen molar-refractivity contribution >= 4 is 5.91 Å². The summed E-state index contributed by atoms with van der Waals surface area (Å²) in [7, 11) is 0. The van der Waals surface area contributed by atoms with Crippen LogP contribution >= 0.6 is 0 Å². The van der Waals surface area contributed by atoms with Crippen LogP contribution in [0.1, 0.15) is 22.1 Å². The molecular weight excluding hydrogens is 200 g/mol. The SMILES string of the molecule is Cc1cc(C(=O)NCc2nn[nH]n2)on1. The molecule has 2 aromatic heterocycles. The first-order valence-electron chi connectivity index (χ1n) is 4.19. The molecule has 0 aliphatic heterocycles. The summed E-state index contributed by atoms with van der Waals surface area (Å²) >= 11 is 0. The molecule has 0 atom stereocenters. The monoisotopic (exact) mass is 208 g/mol. The second kappa shape index (κ2) is 3.86. The Labute approximate surface area is 84.0 Å². The third-order valence-electron chi connectivity index (χ3n) is 1.65. The fourth-order valence-corrected chi connectivity index (χ4v) is 0.974. The van der Waals surface area contributed by atoms with E-state index in [1.807, 2.05) is 0 Å². The number of aryl methyl sites for hydroxylation is 1. The lowest BCUT2D eigenvalue weighted by Crippen LogP contribution is -2.22. The Bertz CT molecular complexity index is 448. The number of hydrogen-bond donors (Lipinski definition) is 2. The molecule has 8 nitrogen and oxygen atoms in total. The van der Waals surface area contributed by atoms with Gasteiger partial charge < -0.3 is 9.84 Å². The van der Waals surface area contributed by atoms with Crippen molar-refractivity contribution in [3.8, 4) is 0 Å². The topological polar surface area (TPSA) is 110 Å². The van der Waals surface area contributed by atoms with Crippen molar-refractivity contribution in [3.05, 3.63) is 23.3 Å². The summed E-state index contributed by atoms with van der Waals surface area (Å²) in [5.74, 6) is 0.205. The maximum absolute atomic E-state index is 11.4. The van der Waals surface area contributed by atoms with E-state index in [2.05, 4.69) is 31.1 Å². The molecule has 2 rings (SSSR count). The lowest BCUT2D eigenvalue weighted by atomic mass is 10.3. The molecule has 0 spiro atoms. The van der Waals surface area contributed by atoms with Crippen molar-refractivity contribution in [3.63, 3.8) is 0 Å². The first-order chi connectivity index (χ1) is 7.25. The van der Waals surface area contributed by atoms with Crippen molar-refractivity contribution in [2.45, 2.75) is 13.5 Å². The minimum atomic E-state index is -0.361. The molecule has 0 fully saturated rings. The highest BCUT2D eigenvalue weighted by Crippen LogP contribution is 2.01. The standard InChI is InChI=1S/C7H8N6O2/c1-4-2-5(15-11-4)7(14)8-3-6-9-12-13-10-6/h2H,3H2,1H3,(H,8,14)(H,9,10,12,13). The van der Waals surface area contributed by atoms with Gasteiger partial charge in [-0.25, -0.2) is 0 Å². The summed E-state index contributed by atoms with van der Waals surface area (Å²) in [4.78, 5) is 11.4. The molecule has 0 aromatic carbocycles. The number of H-pyrrole nitrogens is 1. The highest BCUT2D eigenvalue weighted by Gasteiger charge is 2.11. The Hall–Kier alpha value is -2.25. The maximum Gasteiger partial charge on any atom is 0.290 e. The second-order valence-corrected chi connectivity index (χ2v) is 2.84. The molecule has 15 heavy (non-hydrogen) atoms. The van der Waals surface area contributed by atoms with E-state index in [1.165, 1.54) is 0 Å². The van der Waals surface area contributed by atoms with Gasteiger partial charge in [0.25, 0.3) is 5.91 Å². The van der Waals surface area contributed by atoms with Gasteiger partial charge in [0.15, 0.2) is 5.82 Å². The van der Waals surface area contributed by atoms with Crippen LogP contribution in [-0.4, -0.2) is 31.7 Å². The zero-order valence-corrected chi connectivity index (χ0v) is 7.89. The summed E-state index contributed by atoms with van der Waals surface area (Å²) in [5.41, 5.74) is 0.653. The predicted molar refractivity (Wildman–Crippen MR) is 46.6 cm³/mol. The quantitative estimate of drug-likeness (QED) is 0.698. The van der Waals surface area contributed by atoms with Crippen molar-refractivity contribution in [1.82, 2.24) is 31.1 Å². The van der Waals surface area contributed by atoms with Gasteiger partial charge in [0.05, 0.1) is 12.2 Å². The van der Waals surface area contributed by atoms with E-state index < -0.39 is 0 Å². The Balaban J connectivity index is 1.93. The van der Waals surface area contributed by atoms with Crippen LogP contribution < -0.4 is 5.32 Å². The van der Waals surface area contributed by atoms with Crippen LogP contribution in [0.2, 0.25) is 0 Å². The smallest absolute Gasteiger partial charge is 0.290 e. The third-order valence-corrected chi connectivity index (χ3v) is 1.65. The van der Waals surface area contributed by atoms with Gasteiger partial charge >= 0.3 is 0 Å². The molecular formula is C7H8N6O2. The van der Waals surface area contributed by atoms with Gasteiger partial charge in [-0.1, -0.05) is 10.4 Å². The number of aromatic amines is 1. The van der Waals surface area contributed by atoms with E-state index in [4.69, 9.17) is 4.52 Å². The minimum Gasteiger partial charge on any atom is -0.351 e. The highest BCUT2D eigenvalue weighted by atomic mass is 16.5. The van der Waals surface area contributed by atoms with E-state index >= 15 is 0 Å². The Kier molecular flexibility index (Phi) is 2.40. The van der Waals surface area contributed by atoms with Crippen LogP contribution in [0, 0.1) is 6.92 Å². The molecule has 2 N–H and O–H groups in total. The van der Waals surface area contributed by atoms with Gasteiger partial charge in [-0.2, -0.15) is 5.21 Å². The fraction of sp³-hybridized carbons (Fsp3) is 0.286. The molecule has 0 saturated carbocycles. The predicted octanol–water partition coefficient (Wildman–Crippen LogP) is -0.574. The number of aromatic nitrogens is 5. The van der Waals surface area contributed by atoms with E-state index in [0.29, 0.717) is 11.5 Å². The van der Waals surface area contributed by atoms with Gasteiger partial charge in [0, 0.05) is 6.07 Å². The number of carbonyl (C=O) groups excluding carboxylic acids is 1. The minimum absolute atomic E-state index is 0.163. The van der Waals surface area contributed by atoms with E-state index in [1.54, 1.807) is 13.0 Å². The molecule has 1 amide bonds. The molecule has 78 valence electrons. The van der Waals surface area contributed by atoms with Crippen LogP contribution in [0.3, 0.4) is 0 Å². The number of amides is 1. The van der Waals surface area contributed by atoms with Crippen LogP contribution in [0.25, 0.3) is 0 Å². The summed E-state index contributed by atoms with van der Waals surface area (Å²) in [6.07, 6.45) is 0. The van der Waals surface area contributed by atoms with E-state index in [-0.39, 0.29) is 18.2 Å². The van der Waals surface area contributed by atoms with Gasteiger partial charge in [-0.3, -0.25) is 4.79 Å². The first kappa shape index (κ1) is 9.31. The summed E-state index contributed by atoms with van der Waals surface area (Å²) in [6, 6.07) is 1.55. The fourth-order valence-electron chi connectivity index (χ4n) is 0.974. The molecule has 0 bridgehead atoms. The molecule has 0 radical (unpaired) electrons. The van der Waals surface area contributed by atoms with Crippen LogP contribution in [0.15, 0.2) is 10.6 Å². The maximum atomic E-state index is 11.4. The average Bonchev–Trinajstić information content (AvgIpc) is 2.84. The average molecular weight is 208 g/mol. The van der Waals surface area contributed by atoms with Crippen LogP contribution in [0.4, 0.5) is 0 Å². The second-order valence-electron chi connectivity index (χ2n) is 2.84. The number of hydrogen-bond acceptors (Lipinski definition) is 6. The van der Waals surface area contributed by atoms with Gasteiger partial charge in [-0.15, -0.1) is 10.2 Å². The van der Waals surface area contributed by atoms with Gasteiger partial charge in [0.1, 0.15) is 0 Å². The number of carbonyl (C=O) groups is 1. The highest BCUT2D eigenvalue weighted by molar-refractivity contribution is 5.91. The van der Waals surface area contributed by atoms with Gasteiger partial charge in [0.2, 0.25) is 5.76 Å². The van der Waals surface area contributed by atoms with Crippen molar-refractivity contribution in [1.29, 1.82) is 0 Å². The molecule has 0 aliphatic carbocycles. The lowest BCUT2D eigenvalue weighted by molar-refractivity contribution is 0.0913. The Morgan fingerprint density at radius 3 is 3.13 bits per heavy atom. The largest absolute Gasteiger partial charge is 0.351 e. The first-order valence-corrected chi connectivity index (χ1v) is 4.19. The molecule has 0 aliphatic rings. The zero-order chi connectivity index (χ0) is 10.7. The number of rotatable bonds is 3. The third kappa shape index (κ3) is 2.16. The zero-order valence-electron chi connectivity index (χ0n) is 7.89. The van der Waals surface area contributed by atoms with Crippen LogP contribution in [-0.2, 0) is 6.54 Å². The molecule has 2 aromatic rings. The normalized spacial score (nSPS) is 10.2. The molecule has 8 heteroatoms. The number of nitrogens with zero attached hydrogens (tertiary/aromatic N) is 4. The van der Waals surface area contributed by atoms with Crippen molar-refractivity contribution < 1.29 is 9.32 Å². The molecule has 0 unspecified atom stereocenters. The Morgan fingerprint density at radius 2 is 2.53 bits per heavy atom. The van der Waals surface area contributed by atoms with E-state index in [9.17, 15) is 4.79 Å². The van der Waals surface area contributed by atoms with Crippen molar-refractivity contribution in [2.75, 3.05) is 0 Å². The summed E-state index contributed by atoms with van der Waals surface area (Å²) in [6.45, 7) is 1.93. The summed E-state index contributed by atoms with van der Waals surface area (Å²) in [5, 5.41) is 19.1. The van der Waals surface area contributed by atoms with Gasteiger partial charge in [-0.05, 0) is 6.92 Å². The molecule has 0 saturated heterocycles.